The normalized spacial score (nSPS) is 15.9. The Kier molecular flexibility index (Phi) is 4.42. The summed E-state index contributed by atoms with van der Waals surface area (Å²) < 4.78 is 0. The average molecular weight is 275 g/mol. The van der Waals surface area contributed by atoms with E-state index >= 15 is 0 Å². The molecule has 1 saturated carbocycles. The second-order valence-electron chi connectivity index (χ2n) is 5.79. The molecular formula is C16H21NO3. The van der Waals surface area contributed by atoms with Crippen LogP contribution in [0.4, 0.5) is 0 Å². The number of benzene rings is 1. The zero-order chi connectivity index (χ0) is 14.7. The van der Waals surface area contributed by atoms with E-state index < -0.39 is 5.97 Å². The van der Waals surface area contributed by atoms with Gasteiger partial charge in [-0.1, -0.05) is 26.0 Å². The highest BCUT2D eigenvalue weighted by molar-refractivity contribution is 5.94. The van der Waals surface area contributed by atoms with Crippen LogP contribution < -0.4 is 5.32 Å². The van der Waals surface area contributed by atoms with Gasteiger partial charge in [0.1, 0.15) is 0 Å². The highest BCUT2D eigenvalue weighted by atomic mass is 16.4. The number of aliphatic carboxylic acids is 1. The highest BCUT2D eigenvalue weighted by Crippen LogP contribution is 2.34. The molecule has 1 fully saturated rings. The third-order valence-electron chi connectivity index (χ3n) is 3.74. The Hall–Kier alpha value is -1.84. The van der Waals surface area contributed by atoms with Crippen molar-refractivity contribution in [1.82, 2.24) is 5.32 Å². The molecule has 4 nitrogen and oxygen atoms in total. The Labute approximate surface area is 119 Å². The molecule has 1 aliphatic carbocycles. The molecule has 0 aliphatic heterocycles. The molecule has 2 rings (SSSR count). The lowest BCUT2D eigenvalue weighted by Crippen LogP contribution is -2.38. The molecule has 4 heteroatoms. The second kappa shape index (κ2) is 6.07. The first-order chi connectivity index (χ1) is 9.47. The van der Waals surface area contributed by atoms with Gasteiger partial charge in [0.05, 0.1) is 6.42 Å². The van der Waals surface area contributed by atoms with E-state index in [1.807, 2.05) is 12.1 Å². The van der Waals surface area contributed by atoms with Crippen LogP contribution in [-0.2, 0) is 4.79 Å². The van der Waals surface area contributed by atoms with Gasteiger partial charge in [-0.2, -0.15) is 0 Å². The molecule has 2 N–H and O–H groups in total. The summed E-state index contributed by atoms with van der Waals surface area (Å²) in [5.74, 6) is -0.292. The summed E-state index contributed by atoms with van der Waals surface area (Å²) in [6, 6.07) is 7.25. The Morgan fingerprint density at radius 1 is 1.25 bits per heavy atom. The smallest absolute Gasteiger partial charge is 0.305 e. The van der Waals surface area contributed by atoms with Crippen molar-refractivity contribution in [2.45, 2.75) is 45.1 Å². The van der Waals surface area contributed by atoms with Crippen LogP contribution in [-0.4, -0.2) is 23.0 Å². The van der Waals surface area contributed by atoms with E-state index in [1.54, 1.807) is 12.1 Å². The van der Waals surface area contributed by atoms with Crippen molar-refractivity contribution in [3.8, 4) is 0 Å². The van der Waals surface area contributed by atoms with Gasteiger partial charge in [0.2, 0.25) is 0 Å². The van der Waals surface area contributed by atoms with Gasteiger partial charge in [0.15, 0.2) is 0 Å². The van der Waals surface area contributed by atoms with Crippen molar-refractivity contribution >= 4 is 11.9 Å². The van der Waals surface area contributed by atoms with Crippen molar-refractivity contribution in [2.75, 3.05) is 0 Å². The molecule has 1 amide bonds. The van der Waals surface area contributed by atoms with E-state index in [0.29, 0.717) is 17.4 Å². The third kappa shape index (κ3) is 3.83. The van der Waals surface area contributed by atoms with Crippen molar-refractivity contribution in [1.29, 1.82) is 0 Å². The van der Waals surface area contributed by atoms with Gasteiger partial charge < -0.3 is 10.4 Å². The Balaban J connectivity index is 2.00. The monoisotopic (exact) mass is 275 g/mol. The quantitative estimate of drug-likeness (QED) is 0.839. The number of carbonyl (C=O) groups is 2. The highest BCUT2D eigenvalue weighted by Gasteiger charge is 2.33. The number of hydrogen-bond acceptors (Lipinski definition) is 2. The summed E-state index contributed by atoms with van der Waals surface area (Å²) in [4.78, 5) is 23.0. The fourth-order valence-electron chi connectivity index (χ4n) is 2.29. The molecule has 1 aromatic carbocycles. The number of amides is 1. The Morgan fingerprint density at radius 3 is 2.30 bits per heavy atom. The molecule has 0 saturated heterocycles. The lowest BCUT2D eigenvalue weighted by molar-refractivity contribution is -0.137. The largest absolute Gasteiger partial charge is 0.481 e. The van der Waals surface area contributed by atoms with Crippen LogP contribution in [0.3, 0.4) is 0 Å². The summed E-state index contributed by atoms with van der Waals surface area (Å²) in [6.45, 7) is 4.20. The second-order valence-corrected chi connectivity index (χ2v) is 5.79. The predicted octanol–water partition coefficient (Wildman–Crippen LogP) is 2.79. The lowest BCUT2D eigenvalue weighted by atomic mass is 10.0. The standard InChI is InChI=1S/C16H21NO3/c1-10(2)11-3-7-13(8-4-11)16(20)17-14(9-15(18)19)12-5-6-12/h3-4,7-8,10,12,14H,5-6,9H2,1-2H3,(H,17,20)(H,18,19). The molecular weight excluding hydrogens is 254 g/mol. The van der Waals surface area contributed by atoms with Gasteiger partial charge in [0, 0.05) is 11.6 Å². The molecule has 0 aromatic heterocycles. The van der Waals surface area contributed by atoms with Crippen LogP contribution in [0.15, 0.2) is 24.3 Å². The van der Waals surface area contributed by atoms with E-state index in [2.05, 4.69) is 19.2 Å². The van der Waals surface area contributed by atoms with Gasteiger partial charge >= 0.3 is 5.97 Å². The van der Waals surface area contributed by atoms with Crippen LogP contribution >= 0.6 is 0 Å². The number of carboxylic acid groups (broad SMARTS) is 1. The molecule has 0 radical (unpaired) electrons. The van der Waals surface area contributed by atoms with Gasteiger partial charge in [0.25, 0.3) is 5.91 Å². The average Bonchev–Trinajstić information content (AvgIpc) is 3.21. The number of nitrogens with one attached hydrogen (secondary N) is 1. The molecule has 0 heterocycles. The van der Waals surface area contributed by atoms with Gasteiger partial charge in [-0.25, -0.2) is 0 Å². The molecule has 1 aliphatic rings. The first-order valence-corrected chi connectivity index (χ1v) is 7.10. The third-order valence-corrected chi connectivity index (χ3v) is 3.74. The van der Waals surface area contributed by atoms with E-state index in [-0.39, 0.29) is 18.4 Å². The molecule has 0 bridgehead atoms. The number of hydrogen-bond donors (Lipinski definition) is 2. The Morgan fingerprint density at radius 2 is 1.85 bits per heavy atom. The van der Waals surface area contributed by atoms with Crippen molar-refractivity contribution in [3.63, 3.8) is 0 Å². The topological polar surface area (TPSA) is 66.4 Å². The predicted molar refractivity (Wildman–Crippen MR) is 76.8 cm³/mol. The molecule has 1 unspecified atom stereocenters. The number of rotatable bonds is 6. The molecule has 0 spiro atoms. The SMILES string of the molecule is CC(C)c1ccc(C(=O)NC(CC(=O)O)C2CC2)cc1. The minimum Gasteiger partial charge on any atom is -0.481 e. The summed E-state index contributed by atoms with van der Waals surface area (Å²) in [6.07, 6.45) is 2.01. The molecule has 108 valence electrons. The molecule has 1 aromatic rings. The van der Waals surface area contributed by atoms with Crippen molar-refractivity contribution < 1.29 is 14.7 Å². The van der Waals surface area contributed by atoms with Crippen LogP contribution in [0.2, 0.25) is 0 Å². The maximum Gasteiger partial charge on any atom is 0.305 e. The molecule has 1 atom stereocenters. The first kappa shape index (κ1) is 14.6. The maximum atomic E-state index is 12.1. The number of carboxylic acids is 1. The zero-order valence-electron chi connectivity index (χ0n) is 11.9. The van der Waals surface area contributed by atoms with E-state index in [9.17, 15) is 9.59 Å². The van der Waals surface area contributed by atoms with Gasteiger partial charge in [-0.15, -0.1) is 0 Å². The number of carbonyl (C=O) groups excluding carboxylic acids is 1. The fraction of sp³-hybridized carbons (Fsp3) is 0.500. The van der Waals surface area contributed by atoms with Crippen LogP contribution in [0.1, 0.15) is 54.9 Å². The van der Waals surface area contributed by atoms with Crippen molar-refractivity contribution in [2.24, 2.45) is 5.92 Å². The minimum absolute atomic E-state index is 0.000480. The van der Waals surface area contributed by atoms with Crippen LogP contribution in [0, 0.1) is 5.92 Å². The Bertz CT molecular complexity index is 489. The van der Waals surface area contributed by atoms with Crippen LogP contribution in [0.25, 0.3) is 0 Å². The summed E-state index contributed by atoms with van der Waals surface area (Å²) in [5.41, 5.74) is 1.77. The first-order valence-electron chi connectivity index (χ1n) is 7.10. The van der Waals surface area contributed by atoms with E-state index in [4.69, 9.17) is 5.11 Å². The lowest BCUT2D eigenvalue weighted by Gasteiger charge is -2.16. The zero-order valence-corrected chi connectivity index (χ0v) is 11.9. The van der Waals surface area contributed by atoms with Gasteiger partial charge in [-0.3, -0.25) is 9.59 Å². The summed E-state index contributed by atoms with van der Waals surface area (Å²) in [7, 11) is 0. The fourth-order valence-corrected chi connectivity index (χ4v) is 2.29. The summed E-state index contributed by atoms with van der Waals surface area (Å²) >= 11 is 0. The van der Waals surface area contributed by atoms with E-state index in [0.717, 1.165) is 12.8 Å². The van der Waals surface area contributed by atoms with Crippen LogP contribution in [0.5, 0.6) is 0 Å². The van der Waals surface area contributed by atoms with Crippen molar-refractivity contribution in [3.05, 3.63) is 35.4 Å². The molecule has 20 heavy (non-hydrogen) atoms. The summed E-state index contributed by atoms with van der Waals surface area (Å²) in [5, 5.41) is 11.7. The maximum absolute atomic E-state index is 12.1. The van der Waals surface area contributed by atoms with Gasteiger partial charge in [-0.05, 0) is 42.4 Å². The van der Waals surface area contributed by atoms with E-state index in [1.165, 1.54) is 5.56 Å². The minimum atomic E-state index is -0.864.